The van der Waals surface area contributed by atoms with Gasteiger partial charge in [-0.3, -0.25) is 4.99 Å². The lowest BCUT2D eigenvalue weighted by Gasteiger charge is -2.11. The van der Waals surface area contributed by atoms with E-state index in [0.717, 1.165) is 5.71 Å². The van der Waals surface area contributed by atoms with Crippen LogP contribution in [0, 0.1) is 0 Å². The molecule has 0 aliphatic heterocycles. The van der Waals surface area contributed by atoms with Crippen molar-refractivity contribution in [3.8, 4) is 0 Å². The van der Waals surface area contributed by atoms with Gasteiger partial charge in [0.1, 0.15) is 0 Å². The molecule has 0 aromatic heterocycles. The lowest BCUT2D eigenvalue weighted by molar-refractivity contribution is 0.910. The molecule has 82 valence electrons. The minimum absolute atomic E-state index is 1.10. The maximum absolute atomic E-state index is 4.22. The van der Waals surface area contributed by atoms with E-state index in [0.29, 0.717) is 0 Å². The van der Waals surface area contributed by atoms with Gasteiger partial charge in [0.15, 0.2) is 0 Å². The van der Waals surface area contributed by atoms with E-state index in [4.69, 9.17) is 0 Å². The van der Waals surface area contributed by atoms with Crippen molar-refractivity contribution < 1.29 is 0 Å². The molecular formula is C14H21N. The van der Waals surface area contributed by atoms with Gasteiger partial charge in [-0.15, -0.1) is 0 Å². The summed E-state index contributed by atoms with van der Waals surface area (Å²) in [5.74, 6) is 0. The normalized spacial score (nSPS) is 18.7. The third kappa shape index (κ3) is 2.68. The molecule has 0 heterocycles. The Kier molecular flexibility index (Phi) is 4.07. The highest BCUT2D eigenvalue weighted by atomic mass is 14.7. The molecule has 0 bridgehead atoms. The second-order valence-electron chi connectivity index (χ2n) is 4.16. The van der Waals surface area contributed by atoms with Gasteiger partial charge in [-0.2, -0.15) is 0 Å². The molecular weight excluding hydrogens is 182 g/mol. The van der Waals surface area contributed by atoms with Crippen LogP contribution >= 0.6 is 0 Å². The first-order valence-electron chi connectivity index (χ1n) is 5.57. The summed E-state index contributed by atoms with van der Waals surface area (Å²) in [6.07, 6.45) is 5.99. The number of hydrogen-bond donors (Lipinski definition) is 0. The standard InChI is InChI=1S/C14H21N/c1-10(11(2)13(4)15-5)12(3)14-8-6-7-9-14/h8H,3,6-7,9H2,1-2,4-5H3/b11-10-,15-13?. The first kappa shape index (κ1) is 12.0. The molecule has 0 N–H and O–H groups in total. The molecule has 0 spiro atoms. The van der Waals surface area contributed by atoms with Gasteiger partial charge in [0, 0.05) is 12.8 Å². The Labute approximate surface area is 93.3 Å². The third-order valence-corrected chi connectivity index (χ3v) is 3.32. The highest BCUT2D eigenvalue weighted by molar-refractivity contribution is 5.99. The number of allylic oxidation sites excluding steroid dienone is 5. The fourth-order valence-electron chi connectivity index (χ4n) is 1.85. The van der Waals surface area contributed by atoms with Crippen molar-refractivity contribution in [1.29, 1.82) is 0 Å². The predicted octanol–water partition coefficient (Wildman–Crippen LogP) is 4.08. The molecule has 0 atom stereocenters. The van der Waals surface area contributed by atoms with Crippen LogP contribution in [0.1, 0.15) is 40.0 Å². The largest absolute Gasteiger partial charge is 0.293 e. The van der Waals surface area contributed by atoms with Gasteiger partial charge in [-0.1, -0.05) is 12.7 Å². The van der Waals surface area contributed by atoms with Crippen LogP contribution in [-0.2, 0) is 0 Å². The van der Waals surface area contributed by atoms with Crippen LogP contribution in [0.15, 0.2) is 39.9 Å². The molecule has 0 fully saturated rings. The number of nitrogens with zero attached hydrogens (tertiary/aromatic N) is 1. The lowest BCUT2D eigenvalue weighted by Crippen LogP contribution is -1.99. The Morgan fingerprint density at radius 2 is 1.93 bits per heavy atom. The molecule has 1 nitrogen and oxygen atoms in total. The molecule has 0 amide bonds. The van der Waals surface area contributed by atoms with Crippen LogP contribution in [0.25, 0.3) is 0 Å². The third-order valence-electron chi connectivity index (χ3n) is 3.32. The number of rotatable bonds is 3. The minimum atomic E-state index is 1.10. The molecule has 15 heavy (non-hydrogen) atoms. The van der Waals surface area contributed by atoms with E-state index in [2.05, 4.69) is 38.4 Å². The van der Waals surface area contributed by atoms with Gasteiger partial charge in [-0.05, 0) is 62.3 Å². The van der Waals surface area contributed by atoms with Crippen LogP contribution in [-0.4, -0.2) is 12.8 Å². The summed E-state index contributed by atoms with van der Waals surface area (Å²) in [4.78, 5) is 4.22. The topological polar surface area (TPSA) is 12.4 Å². The van der Waals surface area contributed by atoms with Gasteiger partial charge in [0.05, 0.1) is 0 Å². The maximum Gasteiger partial charge on any atom is 0.0345 e. The summed E-state index contributed by atoms with van der Waals surface area (Å²) >= 11 is 0. The number of hydrogen-bond acceptors (Lipinski definition) is 1. The SMILES string of the molecule is C=C(C1=CCCC1)/C(C)=C(/C)C(C)=NC. The Morgan fingerprint density at radius 1 is 1.27 bits per heavy atom. The zero-order chi connectivity index (χ0) is 11.4. The average molecular weight is 203 g/mol. The molecule has 1 aliphatic rings. The molecule has 0 saturated carbocycles. The highest BCUT2D eigenvalue weighted by Crippen LogP contribution is 2.29. The van der Waals surface area contributed by atoms with Crippen LogP contribution in [0.2, 0.25) is 0 Å². The summed E-state index contributed by atoms with van der Waals surface area (Å²) < 4.78 is 0. The molecule has 1 aliphatic carbocycles. The molecule has 1 heteroatoms. The minimum Gasteiger partial charge on any atom is -0.293 e. The van der Waals surface area contributed by atoms with Crippen molar-refractivity contribution in [3.05, 3.63) is 34.9 Å². The average Bonchev–Trinajstić information content (AvgIpc) is 2.78. The van der Waals surface area contributed by atoms with Gasteiger partial charge in [0.25, 0.3) is 0 Å². The maximum atomic E-state index is 4.22. The molecule has 0 aromatic carbocycles. The fourth-order valence-corrected chi connectivity index (χ4v) is 1.85. The van der Waals surface area contributed by atoms with Crippen molar-refractivity contribution in [2.24, 2.45) is 4.99 Å². The van der Waals surface area contributed by atoms with Crippen molar-refractivity contribution in [3.63, 3.8) is 0 Å². The quantitative estimate of drug-likeness (QED) is 0.484. The molecule has 0 saturated heterocycles. The van der Waals surface area contributed by atoms with E-state index in [-0.39, 0.29) is 0 Å². The summed E-state index contributed by atoms with van der Waals surface area (Å²) in [6, 6.07) is 0. The van der Waals surface area contributed by atoms with Crippen LogP contribution in [0.5, 0.6) is 0 Å². The van der Waals surface area contributed by atoms with Crippen LogP contribution in [0.3, 0.4) is 0 Å². The summed E-state index contributed by atoms with van der Waals surface area (Å²) in [6.45, 7) is 10.5. The van der Waals surface area contributed by atoms with Crippen LogP contribution < -0.4 is 0 Å². The molecule has 0 unspecified atom stereocenters. The smallest absolute Gasteiger partial charge is 0.0345 e. The van der Waals surface area contributed by atoms with E-state index < -0.39 is 0 Å². The van der Waals surface area contributed by atoms with Crippen LogP contribution in [0.4, 0.5) is 0 Å². The Morgan fingerprint density at radius 3 is 2.40 bits per heavy atom. The lowest BCUT2D eigenvalue weighted by atomic mass is 9.95. The number of aliphatic imine (C=N–C) groups is 1. The van der Waals surface area contributed by atoms with Gasteiger partial charge in [-0.25, -0.2) is 0 Å². The van der Waals surface area contributed by atoms with E-state index in [1.807, 2.05) is 7.05 Å². The molecule has 0 aromatic rings. The van der Waals surface area contributed by atoms with E-state index in [1.54, 1.807) is 0 Å². The fraction of sp³-hybridized carbons (Fsp3) is 0.500. The molecule has 1 rings (SSSR count). The van der Waals surface area contributed by atoms with Crippen molar-refractivity contribution in [1.82, 2.24) is 0 Å². The van der Waals surface area contributed by atoms with Crippen molar-refractivity contribution in [2.45, 2.75) is 40.0 Å². The summed E-state index contributed by atoms with van der Waals surface area (Å²) in [5.41, 5.74) is 6.28. The van der Waals surface area contributed by atoms with Crippen molar-refractivity contribution >= 4 is 5.71 Å². The van der Waals surface area contributed by atoms with E-state index in [1.165, 1.54) is 41.6 Å². The van der Waals surface area contributed by atoms with E-state index in [9.17, 15) is 0 Å². The van der Waals surface area contributed by atoms with Gasteiger partial charge >= 0.3 is 0 Å². The highest BCUT2D eigenvalue weighted by Gasteiger charge is 2.11. The monoisotopic (exact) mass is 203 g/mol. The van der Waals surface area contributed by atoms with Gasteiger partial charge < -0.3 is 0 Å². The van der Waals surface area contributed by atoms with E-state index >= 15 is 0 Å². The molecule has 0 radical (unpaired) electrons. The van der Waals surface area contributed by atoms with Crippen molar-refractivity contribution in [2.75, 3.05) is 7.05 Å². The van der Waals surface area contributed by atoms with Gasteiger partial charge in [0.2, 0.25) is 0 Å². The zero-order valence-corrected chi connectivity index (χ0v) is 10.4. The second-order valence-corrected chi connectivity index (χ2v) is 4.16. The first-order chi connectivity index (χ1) is 7.07. The second kappa shape index (κ2) is 5.11. The summed E-state index contributed by atoms with van der Waals surface area (Å²) in [5, 5.41) is 0. The predicted molar refractivity (Wildman–Crippen MR) is 68.5 cm³/mol. The zero-order valence-electron chi connectivity index (χ0n) is 10.4. The Balaban J connectivity index is 2.92. The summed E-state index contributed by atoms with van der Waals surface area (Å²) in [7, 11) is 1.84. The Bertz CT molecular complexity index is 354. The Hall–Kier alpha value is -1.11. The first-order valence-corrected chi connectivity index (χ1v) is 5.57.